The highest BCUT2D eigenvalue weighted by atomic mass is 16.5. The molecule has 0 amide bonds. The Bertz CT molecular complexity index is 700. The van der Waals surface area contributed by atoms with Gasteiger partial charge in [0.15, 0.2) is 0 Å². The summed E-state index contributed by atoms with van der Waals surface area (Å²) in [7, 11) is 0. The van der Waals surface area contributed by atoms with Crippen molar-refractivity contribution in [2.75, 3.05) is 6.61 Å². The summed E-state index contributed by atoms with van der Waals surface area (Å²) < 4.78 is 5.28. The Hall–Kier alpha value is -2.35. The van der Waals surface area contributed by atoms with Crippen LogP contribution in [0.1, 0.15) is 22.6 Å². The van der Waals surface area contributed by atoms with E-state index in [4.69, 9.17) is 4.74 Å². The lowest BCUT2D eigenvalue weighted by atomic mass is 9.73. The van der Waals surface area contributed by atoms with Gasteiger partial charge in [-0.2, -0.15) is 0 Å². The highest BCUT2D eigenvalue weighted by Crippen LogP contribution is 2.45. The van der Waals surface area contributed by atoms with Gasteiger partial charge in [0, 0.05) is 17.4 Å². The standard InChI is InChI=1S/C18H14O2/c19-18-15-10-13-8-4-5-9-14(13)17(16(15)11-20-18)12-6-2-1-3-7-12/h1-10,16-17H,11H2/t16-,17-/m0/s1. The summed E-state index contributed by atoms with van der Waals surface area (Å²) in [6.07, 6.45) is 1.99. The second kappa shape index (κ2) is 4.34. The zero-order valence-corrected chi connectivity index (χ0v) is 11.0. The molecule has 0 radical (unpaired) electrons. The summed E-state index contributed by atoms with van der Waals surface area (Å²) in [5, 5.41) is 0. The molecule has 98 valence electrons. The molecule has 0 N–H and O–H groups in total. The van der Waals surface area contributed by atoms with Gasteiger partial charge in [-0.3, -0.25) is 0 Å². The van der Waals surface area contributed by atoms with Crippen LogP contribution in [0.4, 0.5) is 0 Å². The Balaban J connectivity index is 1.93. The van der Waals surface area contributed by atoms with E-state index in [1.165, 1.54) is 11.1 Å². The first kappa shape index (κ1) is 11.5. The fourth-order valence-corrected chi connectivity index (χ4v) is 3.31. The van der Waals surface area contributed by atoms with E-state index in [0.717, 1.165) is 11.1 Å². The number of esters is 1. The summed E-state index contributed by atoms with van der Waals surface area (Å²) >= 11 is 0. The van der Waals surface area contributed by atoms with Crippen molar-refractivity contribution in [3.8, 4) is 0 Å². The van der Waals surface area contributed by atoms with Crippen molar-refractivity contribution in [2.45, 2.75) is 5.92 Å². The number of carbonyl (C=O) groups excluding carboxylic acids is 1. The molecule has 0 spiro atoms. The Morgan fingerprint density at radius 3 is 2.55 bits per heavy atom. The average Bonchev–Trinajstić information content (AvgIpc) is 2.87. The van der Waals surface area contributed by atoms with Crippen LogP contribution in [0.2, 0.25) is 0 Å². The molecular weight excluding hydrogens is 248 g/mol. The molecule has 20 heavy (non-hydrogen) atoms. The molecule has 1 aliphatic carbocycles. The third kappa shape index (κ3) is 1.61. The normalized spacial score (nSPS) is 23.6. The van der Waals surface area contributed by atoms with Crippen LogP contribution in [-0.2, 0) is 9.53 Å². The van der Waals surface area contributed by atoms with Gasteiger partial charge in [0.05, 0.1) is 6.61 Å². The van der Waals surface area contributed by atoms with Crippen LogP contribution in [0.5, 0.6) is 0 Å². The summed E-state index contributed by atoms with van der Waals surface area (Å²) in [4.78, 5) is 11.9. The quantitative estimate of drug-likeness (QED) is 0.736. The topological polar surface area (TPSA) is 26.3 Å². The molecule has 2 atom stereocenters. The Morgan fingerprint density at radius 2 is 1.70 bits per heavy atom. The molecule has 2 heteroatoms. The molecular formula is C18H14O2. The van der Waals surface area contributed by atoms with Gasteiger partial charge >= 0.3 is 5.97 Å². The van der Waals surface area contributed by atoms with Gasteiger partial charge in [0.1, 0.15) is 0 Å². The fourth-order valence-electron chi connectivity index (χ4n) is 3.31. The molecule has 0 saturated carbocycles. The maximum absolute atomic E-state index is 11.9. The summed E-state index contributed by atoms with van der Waals surface area (Å²) in [6.45, 7) is 0.485. The molecule has 1 fully saturated rings. The molecule has 2 aliphatic rings. The van der Waals surface area contributed by atoms with E-state index in [0.29, 0.717) is 6.61 Å². The number of benzene rings is 2. The van der Waals surface area contributed by atoms with Crippen LogP contribution < -0.4 is 0 Å². The molecule has 4 rings (SSSR count). The molecule has 1 saturated heterocycles. The second-order valence-electron chi connectivity index (χ2n) is 5.32. The molecule has 2 aromatic rings. The van der Waals surface area contributed by atoms with E-state index in [9.17, 15) is 4.79 Å². The first-order chi connectivity index (χ1) is 9.84. The van der Waals surface area contributed by atoms with Gasteiger partial charge in [-0.25, -0.2) is 4.79 Å². The first-order valence-corrected chi connectivity index (χ1v) is 6.87. The zero-order chi connectivity index (χ0) is 13.5. The number of carbonyl (C=O) groups is 1. The van der Waals surface area contributed by atoms with Gasteiger partial charge in [0.25, 0.3) is 0 Å². The van der Waals surface area contributed by atoms with E-state index in [1.54, 1.807) is 0 Å². The first-order valence-electron chi connectivity index (χ1n) is 6.87. The summed E-state index contributed by atoms with van der Waals surface area (Å²) in [6, 6.07) is 18.7. The van der Waals surface area contributed by atoms with Crippen molar-refractivity contribution in [3.05, 3.63) is 76.9 Å². The predicted molar refractivity (Wildman–Crippen MR) is 77.2 cm³/mol. The van der Waals surface area contributed by atoms with E-state index < -0.39 is 0 Å². The third-order valence-electron chi connectivity index (χ3n) is 4.23. The molecule has 1 aliphatic heterocycles. The van der Waals surface area contributed by atoms with Gasteiger partial charge in [-0.05, 0) is 22.8 Å². The number of rotatable bonds is 1. The number of fused-ring (bicyclic) bond motifs is 2. The van der Waals surface area contributed by atoms with Gasteiger partial charge in [-0.15, -0.1) is 0 Å². The fraction of sp³-hybridized carbons (Fsp3) is 0.167. The van der Waals surface area contributed by atoms with Gasteiger partial charge < -0.3 is 4.74 Å². The average molecular weight is 262 g/mol. The summed E-state index contributed by atoms with van der Waals surface area (Å²) in [5.74, 6) is 0.184. The van der Waals surface area contributed by atoms with E-state index in [-0.39, 0.29) is 17.8 Å². The SMILES string of the molecule is O=C1OC[C@H]2C1=Cc1ccccc1[C@@H]2c1ccccc1. The molecule has 2 aromatic carbocycles. The minimum absolute atomic E-state index is 0.139. The molecule has 1 heterocycles. The lowest BCUT2D eigenvalue weighted by molar-refractivity contribution is -0.135. The van der Waals surface area contributed by atoms with Gasteiger partial charge in [0.2, 0.25) is 0 Å². The zero-order valence-electron chi connectivity index (χ0n) is 11.0. The summed E-state index contributed by atoms with van der Waals surface area (Å²) in [5.41, 5.74) is 4.48. The predicted octanol–water partition coefficient (Wildman–Crippen LogP) is 3.39. The maximum Gasteiger partial charge on any atom is 0.334 e. The van der Waals surface area contributed by atoms with Crippen molar-refractivity contribution in [1.29, 1.82) is 0 Å². The van der Waals surface area contributed by atoms with E-state index >= 15 is 0 Å². The van der Waals surface area contributed by atoms with Crippen LogP contribution in [0.15, 0.2) is 60.2 Å². The maximum atomic E-state index is 11.9. The Morgan fingerprint density at radius 1 is 0.950 bits per heavy atom. The molecule has 0 bridgehead atoms. The highest BCUT2D eigenvalue weighted by molar-refractivity contribution is 5.97. The number of cyclic esters (lactones) is 1. The number of hydrogen-bond acceptors (Lipinski definition) is 2. The van der Waals surface area contributed by atoms with Crippen LogP contribution in [0.25, 0.3) is 6.08 Å². The van der Waals surface area contributed by atoms with Crippen molar-refractivity contribution in [3.63, 3.8) is 0 Å². The second-order valence-corrected chi connectivity index (χ2v) is 5.32. The minimum atomic E-state index is -0.162. The van der Waals surface area contributed by atoms with Crippen LogP contribution in [-0.4, -0.2) is 12.6 Å². The molecule has 0 aromatic heterocycles. The van der Waals surface area contributed by atoms with Crippen LogP contribution in [0, 0.1) is 5.92 Å². The number of hydrogen-bond donors (Lipinski definition) is 0. The highest BCUT2D eigenvalue weighted by Gasteiger charge is 2.41. The molecule has 2 nitrogen and oxygen atoms in total. The van der Waals surface area contributed by atoms with Crippen LogP contribution in [0.3, 0.4) is 0 Å². The van der Waals surface area contributed by atoms with Crippen LogP contribution >= 0.6 is 0 Å². The van der Waals surface area contributed by atoms with E-state index in [1.807, 2.05) is 30.3 Å². The lowest BCUT2D eigenvalue weighted by Gasteiger charge is -2.28. The Labute approximate surface area is 117 Å². The molecule has 0 unspecified atom stereocenters. The lowest BCUT2D eigenvalue weighted by Crippen LogP contribution is -2.20. The van der Waals surface area contributed by atoms with Crippen molar-refractivity contribution in [2.24, 2.45) is 5.92 Å². The smallest absolute Gasteiger partial charge is 0.334 e. The third-order valence-corrected chi connectivity index (χ3v) is 4.23. The van der Waals surface area contributed by atoms with Crippen molar-refractivity contribution >= 4 is 12.0 Å². The largest absolute Gasteiger partial charge is 0.462 e. The van der Waals surface area contributed by atoms with Gasteiger partial charge in [-0.1, -0.05) is 54.6 Å². The van der Waals surface area contributed by atoms with Crippen molar-refractivity contribution in [1.82, 2.24) is 0 Å². The van der Waals surface area contributed by atoms with E-state index in [2.05, 4.69) is 30.3 Å². The van der Waals surface area contributed by atoms with Crippen molar-refractivity contribution < 1.29 is 9.53 Å². The minimum Gasteiger partial charge on any atom is -0.462 e. The number of ether oxygens (including phenoxy) is 1. The monoisotopic (exact) mass is 262 g/mol. The Kier molecular flexibility index (Phi) is 2.49.